The van der Waals surface area contributed by atoms with E-state index < -0.39 is 0 Å². The largest absolute Gasteiger partial charge is 0.241 e. The highest BCUT2D eigenvalue weighted by Gasteiger charge is 2.18. The van der Waals surface area contributed by atoms with E-state index in [9.17, 15) is 0 Å². The maximum absolute atomic E-state index is 5.94. The SMILES string of the molecule is CC(C)(C)c1nc2cc(-c3ccc(Cl)cc3)ccc2s1. The van der Waals surface area contributed by atoms with E-state index in [1.807, 2.05) is 24.3 Å². The van der Waals surface area contributed by atoms with E-state index in [0.29, 0.717) is 0 Å². The van der Waals surface area contributed by atoms with Gasteiger partial charge in [0.1, 0.15) is 0 Å². The number of hydrogen-bond donors (Lipinski definition) is 0. The van der Waals surface area contributed by atoms with Crippen LogP contribution in [0.3, 0.4) is 0 Å². The normalized spacial score (nSPS) is 12.0. The zero-order chi connectivity index (χ0) is 14.3. The summed E-state index contributed by atoms with van der Waals surface area (Å²) in [4.78, 5) is 4.78. The fourth-order valence-electron chi connectivity index (χ4n) is 2.07. The molecule has 0 radical (unpaired) electrons. The Morgan fingerprint density at radius 3 is 2.25 bits per heavy atom. The van der Waals surface area contributed by atoms with E-state index in [4.69, 9.17) is 16.6 Å². The van der Waals surface area contributed by atoms with Gasteiger partial charge in [-0.15, -0.1) is 11.3 Å². The molecular formula is C17H16ClNS. The van der Waals surface area contributed by atoms with Gasteiger partial charge < -0.3 is 0 Å². The summed E-state index contributed by atoms with van der Waals surface area (Å²) in [5.41, 5.74) is 3.53. The first-order valence-electron chi connectivity index (χ1n) is 6.60. The molecule has 0 spiro atoms. The van der Waals surface area contributed by atoms with Gasteiger partial charge in [0.15, 0.2) is 0 Å². The van der Waals surface area contributed by atoms with Crippen molar-refractivity contribution < 1.29 is 0 Å². The van der Waals surface area contributed by atoms with E-state index in [-0.39, 0.29) is 5.41 Å². The van der Waals surface area contributed by atoms with Gasteiger partial charge in [-0.25, -0.2) is 4.98 Å². The van der Waals surface area contributed by atoms with Crippen molar-refractivity contribution in [2.24, 2.45) is 0 Å². The minimum absolute atomic E-state index is 0.101. The van der Waals surface area contributed by atoms with Crippen molar-refractivity contribution in [3.05, 3.63) is 52.5 Å². The molecule has 0 aliphatic rings. The number of thiazole rings is 1. The van der Waals surface area contributed by atoms with Crippen LogP contribution in [0.1, 0.15) is 25.8 Å². The van der Waals surface area contributed by atoms with Crippen molar-refractivity contribution in [1.82, 2.24) is 4.98 Å². The van der Waals surface area contributed by atoms with Crippen LogP contribution in [0.2, 0.25) is 5.02 Å². The summed E-state index contributed by atoms with van der Waals surface area (Å²) in [6.07, 6.45) is 0. The second kappa shape index (κ2) is 4.87. The van der Waals surface area contributed by atoms with Crippen LogP contribution >= 0.6 is 22.9 Å². The van der Waals surface area contributed by atoms with Crippen LogP contribution in [-0.4, -0.2) is 4.98 Å². The Morgan fingerprint density at radius 1 is 0.950 bits per heavy atom. The third-order valence-electron chi connectivity index (χ3n) is 3.21. The summed E-state index contributed by atoms with van der Waals surface area (Å²) >= 11 is 7.72. The third kappa shape index (κ3) is 2.58. The Bertz CT molecular complexity index is 751. The molecule has 0 N–H and O–H groups in total. The number of halogens is 1. The molecule has 0 atom stereocenters. The first kappa shape index (κ1) is 13.6. The smallest absolute Gasteiger partial charge is 0.0992 e. The molecule has 1 aromatic heterocycles. The Morgan fingerprint density at radius 2 is 1.60 bits per heavy atom. The Kier molecular flexibility index (Phi) is 3.31. The molecule has 0 fully saturated rings. The minimum atomic E-state index is 0.101. The van der Waals surface area contributed by atoms with Crippen LogP contribution < -0.4 is 0 Å². The number of rotatable bonds is 1. The van der Waals surface area contributed by atoms with E-state index in [0.717, 1.165) is 10.5 Å². The van der Waals surface area contributed by atoms with Crippen LogP contribution in [-0.2, 0) is 5.41 Å². The molecule has 0 saturated heterocycles. The zero-order valence-electron chi connectivity index (χ0n) is 11.8. The molecule has 3 aromatic rings. The molecule has 0 saturated carbocycles. The highest BCUT2D eigenvalue weighted by molar-refractivity contribution is 7.18. The maximum Gasteiger partial charge on any atom is 0.0992 e. The lowest BCUT2D eigenvalue weighted by Crippen LogP contribution is -2.09. The first-order valence-corrected chi connectivity index (χ1v) is 7.80. The van der Waals surface area contributed by atoms with E-state index in [1.165, 1.54) is 20.8 Å². The Balaban J connectivity index is 2.08. The Hall–Kier alpha value is -1.38. The number of fused-ring (bicyclic) bond motifs is 1. The monoisotopic (exact) mass is 301 g/mol. The molecule has 3 rings (SSSR count). The van der Waals surface area contributed by atoms with Crippen molar-refractivity contribution in [3.63, 3.8) is 0 Å². The molecule has 0 aliphatic heterocycles. The van der Waals surface area contributed by atoms with Crippen LogP contribution in [0, 0.1) is 0 Å². The lowest BCUT2D eigenvalue weighted by molar-refractivity contribution is 0.587. The summed E-state index contributed by atoms with van der Waals surface area (Å²) in [5.74, 6) is 0. The van der Waals surface area contributed by atoms with Gasteiger partial charge >= 0.3 is 0 Å². The predicted molar refractivity (Wildman–Crippen MR) is 88.8 cm³/mol. The van der Waals surface area contributed by atoms with Crippen LogP contribution in [0.4, 0.5) is 0 Å². The van der Waals surface area contributed by atoms with Crippen LogP contribution in [0.15, 0.2) is 42.5 Å². The molecule has 20 heavy (non-hydrogen) atoms. The quantitative estimate of drug-likeness (QED) is 0.544. The van der Waals surface area contributed by atoms with Crippen molar-refractivity contribution in [3.8, 4) is 11.1 Å². The third-order valence-corrected chi connectivity index (χ3v) is 4.92. The second-order valence-corrected chi connectivity index (χ2v) is 7.43. The van der Waals surface area contributed by atoms with Gasteiger partial charge in [-0.3, -0.25) is 0 Å². The topological polar surface area (TPSA) is 12.9 Å². The summed E-state index contributed by atoms with van der Waals surface area (Å²) in [6.45, 7) is 6.60. The van der Waals surface area contributed by atoms with E-state index >= 15 is 0 Å². The van der Waals surface area contributed by atoms with Gasteiger partial charge in [-0.2, -0.15) is 0 Å². The standard InChI is InChI=1S/C17H16ClNS/c1-17(2,3)16-19-14-10-12(6-9-15(14)20-16)11-4-7-13(18)8-5-11/h4-10H,1-3H3. The molecule has 1 nitrogen and oxygen atoms in total. The molecular weight excluding hydrogens is 286 g/mol. The predicted octanol–water partition coefficient (Wildman–Crippen LogP) is 5.91. The average Bonchev–Trinajstić information content (AvgIpc) is 2.82. The minimum Gasteiger partial charge on any atom is -0.241 e. The highest BCUT2D eigenvalue weighted by Crippen LogP contribution is 2.33. The number of benzene rings is 2. The van der Waals surface area contributed by atoms with Crippen molar-refractivity contribution in [1.29, 1.82) is 0 Å². The van der Waals surface area contributed by atoms with Gasteiger partial charge in [0.2, 0.25) is 0 Å². The lowest BCUT2D eigenvalue weighted by atomic mass is 9.98. The highest BCUT2D eigenvalue weighted by atomic mass is 35.5. The van der Waals surface area contributed by atoms with Crippen LogP contribution in [0.5, 0.6) is 0 Å². The maximum atomic E-state index is 5.94. The summed E-state index contributed by atoms with van der Waals surface area (Å²) in [5, 5.41) is 1.94. The molecule has 3 heteroatoms. The molecule has 2 aromatic carbocycles. The zero-order valence-corrected chi connectivity index (χ0v) is 13.3. The number of aromatic nitrogens is 1. The molecule has 102 valence electrons. The van der Waals surface area contributed by atoms with Gasteiger partial charge in [0.05, 0.1) is 15.2 Å². The van der Waals surface area contributed by atoms with Crippen molar-refractivity contribution in [2.75, 3.05) is 0 Å². The second-order valence-electron chi connectivity index (χ2n) is 5.96. The van der Waals surface area contributed by atoms with E-state index in [1.54, 1.807) is 11.3 Å². The fourth-order valence-corrected chi connectivity index (χ4v) is 3.20. The number of nitrogens with zero attached hydrogens (tertiary/aromatic N) is 1. The molecule has 0 bridgehead atoms. The summed E-state index contributed by atoms with van der Waals surface area (Å²) < 4.78 is 1.24. The fraction of sp³-hybridized carbons (Fsp3) is 0.235. The Labute approximate surface area is 128 Å². The molecule has 0 aliphatic carbocycles. The molecule has 0 amide bonds. The lowest BCUT2D eigenvalue weighted by Gasteiger charge is -2.13. The van der Waals surface area contributed by atoms with E-state index in [2.05, 4.69) is 39.0 Å². The van der Waals surface area contributed by atoms with Gasteiger partial charge in [0, 0.05) is 10.4 Å². The first-order chi connectivity index (χ1) is 9.43. The van der Waals surface area contributed by atoms with Gasteiger partial charge in [0.25, 0.3) is 0 Å². The van der Waals surface area contributed by atoms with Crippen LogP contribution in [0.25, 0.3) is 21.3 Å². The van der Waals surface area contributed by atoms with Gasteiger partial charge in [-0.05, 0) is 35.4 Å². The summed E-state index contributed by atoms with van der Waals surface area (Å²) in [7, 11) is 0. The van der Waals surface area contributed by atoms with Crippen molar-refractivity contribution >= 4 is 33.2 Å². The van der Waals surface area contributed by atoms with Gasteiger partial charge in [-0.1, -0.05) is 50.6 Å². The number of hydrogen-bond acceptors (Lipinski definition) is 2. The molecule has 1 heterocycles. The van der Waals surface area contributed by atoms with Crippen molar-refractivity contribution in [2.45, 2.75) is 26.2 Å². The average molecular weight is 302 g/mol. The summed E-state index contributed by atoms with van der Waals surface area (Å²) in [6, 6.07) is 14.4. The molecule has 0 unspecified atom stereocenters.